The van der Waals surface area contributed by atoms with Crippen LogP contribution in [-0.4, -0.2) is 21.0 Å². The van der Waals surface area contributed by atoms with Gasteiger partial charge in [-0.15, -0.1) is 5.10 Å². The molecule has 6 nitrogen and oxygen atoms in total. The third-order valence-electron chi connectivity index (χ3n) is 2.99. The Hall–Kier alpha value is -2.60. The molecule has 1 heterocycles. The minimum atomic E-state index is -0.369. The minimum Gasteiger partial charge on any atom is -0.308 e. The molecule has 2 aromatic carbocycles. The van der Waals surface area contributed by atoms with Gasteiger partial charge in [0.15, 0.2) is 0 Å². The lowest BCUT2D eigenvalue weighted by molar-refractivity contribution is 0.262. The highest BCUT2D eigenvalue weighted by Gasteiger charge is 2.07. The van der Waals surface area contributed by atoms with Crippen molar-refractivity contribution < 1.29 is 4.79 Å². The topological polar surface area (TPSA) is 71.8 Å². The zero-order valence-electron chi connectivity index (χ0n) is 11.2. The van der Waals surface area contributed by atoms with Gasteiger partial charge in [0.25, 0.3) is 0 Å². The van der Waals surface area contributed by atoms with E-state index in [9.17, 15) is 4.79 Å². The molecule has 2 amide bonds. The number of nitrogens with one attached hydrogen (secondary N) is 2. The summed E-state index contributed by atoms with van der Waals surface area (Å²) in [6, 6.07) is 12.1. The number of aryl methyl sites for hydroxylation is 1. The fraction of sp³-hybridized carbons (Fsp3) is 0.0714. The third kappa shape index (κ3) is 2.80. The first-order chi connectivity index (χ1) is 10.1. The van der Waals surface area contributed by atoms with Crippen molar-refractivity contribution in [2.45, 2.75) is 0 Å². The smallest absolute Gasteiger partial charge is 0.308 e. The molecule has 0 saturated heterocycles. The first-order valence-electron chi connectivity index (χ1n) is 6.25. The zero-order valence-corrected chi connectivity index (χ0v) is 11.9. The van der Waals surface area contributed by atoms with Crippen LogP contribution < -0.4 is 10.6 Å². The Balaban J connectivity index is 1.75. The molecule has 0 aliphatic carbocycles. The van der Waals surface area contributed by atoms with E-state index in [1.807, 2.05) is 13.1 Å². The fourth-order valence-electron chi connectivity index (χ4n) is 1.97. The molecule has 21 heavy (non-hydrogen) atoms. The van der Waals surface area contributed by atoms with Crippen LogP contribution >= 0.6 is 11.6 Å². The summed E-state index contributed by atoms with van der Waals surface area (Å²) in [7, 11) is 1.81. The molecule has 0 saturated carbocycles. The predicted molar refractivity (Wildman–Crippen MR) is 82.6 cm³/mol. The molecule has 3 rings (SSSR count). The number of hydrogen-bond donors (Lipinski definition) is 2. The molecule has 106 valence electrons. The van der Waals surface area contributed by atoms with Gasteiger partial charge in [-0.2, -0.15) is 0 Å². The van der Waals surface area contributed by atoms with Crippen molar-refractivity contribution in [2.24, 2.45) is 7.05 Å². The van der Waals surface area contributed by atoms with Crippen LogP contribution in [0.1, 0.15) is 0 Å². The Morgan fingerprint density at radius 2 is 2.00 bits per heavy atom. The molecule has 1 aromatic heterocycles. The number of halogens is 1. The van der Waals surface area contributed by atoms with E-state index < -0.39 is 0 Å². The van der Waals surface area contributed by atoms with Crippen LogP contribution in [0, 0.1) is 0 Å². The largest absolute Gasteiger partial charge is 0.323 e. The van der Waals surface area contributed by atoms with Gasteiger partial charge in [0.05, 0.1) is 16.2 Å². The summed E-state index contributed by atoms with van der Waals surface area (Å²) in [5, 5.41) is 13.8. The highest BCUT2D eigenvalue weighted by atomic mass is 35.5. The summed E-state index contributed by atoms with van der Waals surface area (Å²) in [4.78, 5) is 12.0. The van der Waals surface area contributed by atoms with E-state index in [2.05, 4.69) is 20.9 Å². The Morgan fingerprint density at radius 1 is 1.19 bits per heavy atom. The zero-order chi connectivity index (χ0) is 14.8. The summed E-state index contributed by atoms with van der Waals surface area (Å²) < 4.78 is 1.67. The molecule has 7 heteroatoms. The van der Waals surface area contributed by atoms with E-state index in [1.165, 1.54) is 0 Å². The van der Waals surface area contributed by atoms with Crippen molar-refractivity contribution in [3.8, 4) is 0 Å². The van der Waals surface area contributed by atoms with Gasteiger partial charge in [0.2, 0.25) is 0 Å². The summed E-state index contributed by atoms with van der Waals surface area (Å²) in [5.41, 5.74) is 2.80. The molecule has 3 aromatic rings. The van der Waals surface area contributed by atoms with Crippen molar-refractivity contribution in [1.29, 1.82) is 0 Å². The molecule has 0 spiro atoms. The maximum atomic E-state index is 12.0. The Labute approximate surface area is 125 Å². The monoisotopic (exact) mass is 301 g/mol. The number of carbonyl (C=O) groups is 1. The van der Waals surface area contributed by atoms with Crippen molar-refractivity contribution in [3.63, 3.8) is 0 Å². The van der Waals surface area contributed by atoms with Crippen molar-refractivity contribution >= 4 is 40.0 Å². The van der Waals surface area contributed by atoms with Crippen LogP contribution in [0.15, 0.2) is 42.5 Å². The molecule has 0 aliphatic rings. The van der Waals surface area contributed by atoms with Crippen molar-refractivity contribution in [2.75, 3.05) is 10.6 Å². The van der Waals surface area contributed by atoms with Crippen LogP contribution in [0.5, 0.6) is 0 Å². The van der Waals surface area contributed by atoms with Gasteiger partial charge in [0, 0.05) is 12.7 Å². The summed E-state index contributed by atoms with van der Waals surface area (Å²) in [6.45, 7) is 0. The van der Waals surface area contributed by atoms with E-state index >= 15 is 0 Å². The minimum absolute atomic E-state index is 0.369. The standard InChI is InChI=1S/C14H12ClN5O/c1-20-13-7-6-9(8-12(13)18-19-20)16-14(21)17-11-5-3-2-4-10(11)15/h2-8H,1H3,(H2,16,17,21). The summed E-state index contributed by atoms with van der Waals surface area (Å²) in [5.74, 6) is 0. The number of nitrogens with zero attached hydrogens (tertiary/aromatic N) is 3. The molecule has 2 N–H and O–H groups in total. The number of rotatable bonds is 2. The van der Waals surface area contributed by atoms with Gasteiger partial charge in [-0.3, -0.25) is 0 Å². The van der Waals surface area contributed by atoms with Gasteiger partial charge >= 0.3 is 6.03 Å². The SMILES string of the molecule is Cn1nnc2cc(NC(=O)Nc3ccccc3Cl)ccc21. The lowest BCUT2D eigenvalue weighted by Gasteiger charge is -2.08. The lowest BCUT2D eigenvalue weighted by Crippen LogP contribution is -2.19. The number of carbonyl (C=O) groups excluding carboxylic acids is 1. The number of urea groups is 1. The van der Waals surface area contributed by atoms with Gasteiger partial charge in [0.1, 0.15) is 5.52 Å². The second kappa shape index (κ2) is 5.41. The van der Waals surface area contributed by atoms with E-state index in [4.69, 9.17) is 11.6 Å². The van der Waals surface area contributed by atoms with Gasteiger partial charge in [-0.25, -0.2) is 9.48 Å². The number of benzene rings is 2. The normalized spacial score (nSPS) is 10.6. The van der Waals surface area contributed by atoms with Crippen LogP contribution in [0.4, 0.5) is 16.2 Å². The first kappa shape index (κ1) is 13.4. The second-order valence-corrected chi connectivity index (χ2v) is 4.88. The molecule has 0 unspecified atom stereocenters. The number of anilines is 2. The number of fused-ring (bicyclic) bond motifs is 1. The van der Waals surface area contributed by atoms with E-state index in [0.717, 1.165) is 5.52 Å². The molecule has 0 bridgehead atoms. The van der Waals surface area contributed by atoms with E-state index in [1.54, 1.807) is 41.1 Å². The van der Waals surface area contributed by atoms with Crippen LogP contribution in [0.2, 0.25) is 5.02 Å². The number of para-hydroxylation sites is 1. The number of aromatic nitrogens is 3. The maximum Gasteiger partial charge on any atom is 0.323 e. The van der Waals surface area contributed by atoms with Gasteiger partial charge in [-0.1, -0.05) is 28.9 Å². The van der Waals surface area contributed by atoms with Gasteiger partial charge in [-0.05, 0) is 30.3 Å². The number of amides is 2. The molecular formula is C14H12ClN5O. The van der Waals surface area contributed by atoms with Crippen LogP contribution in [-0.2, 0) is 7.05 Å². The maximum absolute atomic E-state index is 12.0. The average Bonchev–Trinajstić information content (AvgIpc) is 2.82. The Morgan fingerprint density at radius 3 is 2.81 bits per heavy atom. The predicted octanol–water partition coefficient (Wildman–Crippen LogP) is 3.27. The molecule has 0 aliphatic heterocycles. The Kier molecular flexibility index (Phi) is 3.45. The van der Waals surface area contributed by atoms with Crippen LogP contribution in [0.25, 0.3) is 11.0 Å². The van der Waals surface area contributed by atoms with Crippen LogP contribution in [0.3, 0.4) is 0 Å². The number of hydrogen-bond acceptors (Lipinski definition) is 3. The van der Waals surface area contributed by atoms with E-state index in [0.29, 0.717) is 21.9 Å². The second-order valence-electron chi connectivity index (χ2n) is 4.48. The third-order valence-corrected chi connectivity index (χ3v) is 3.32. The van der Waals surface area contributed by atoms with Crippen molar-refractivity contribution in [3.05, 3.63) is 47.5 Å². The average molecular weight is 302 g/mol. The summed E-state index contributed by atoms with van der Waals surface area (Å²) in [6.07, 6.45) is 0. The Bertz CT molecular complexity index is 814. The molecular weight excluding hydrogens is 290 g/mol. The quantitative estimate of drug-likeness (QED) is 0.763. The van der Waals surface area contributed by atoms with Gasteiger partial charge < -0.3 is 10.6 Å². The fourth-order valence-corrected chi connectivity index (χ4v) is 2.15. The molecule has 0 fully saturated rings. The highest BCUT2D eigenvalue weighted by Crippen LogP contribution is 2.21. The van der Waals surface area contributed by atoms with E-state index in [-0.39, 0.29) is 6.03 Å². The van der Waals surface area contributed by atoms with Crippen molar-refractivity contribution in [1.82, 2.24) is 15.0 Å². The molecule has 0 atom stereocenters. The molecule has 0 radical (unpaired) electrons. The summed E-state index contributed by atoms with van der Waals surface area (Å²) >= 11 is 5.99. The first-order valence-corrected chi connectivity index (χ1v) is 6.63. The lowest BCUT2D eigenvalue weighted by atomic mass is 10.2. The highest BCUT2D eigenvalue weighted by molar-refractivity contribution is 6.33.